The molecule has 0 atom stereocenters. The summed E-state index contributed by atoms with van der Waals surface area (Å²) >= 11 is 0. The van der Waals surface area contributed by atoms with Gasteiger partial charge in [0.15, 0.2) is 0 Å². The molecule has 0 unspecified atom stereocenters. The Kier molecular flexibility index (Phi) is 3.23. The van der Waals surface area contributed by atoms with Crippen LogP contribution in [0.4, 0.5) is 0 Å². The number of hydrogen-bond acceptors (Lipinski definition) is 1. The fraction of sp³-hybridized carbons (Fsp3) is 0.222. The monoisotopic (exact) mass is 265 g/mol. The Hall–Kier alpha value is -2.22. The van der Waals surface area contributed by atoms with E-state index in [0.717, 1.165) is 29.4 Å². The van der Waals surface area contributed by atoms with Crippen molar-refractivity contribution in [1.82, 2.24) is 4.57 Å². The van der Waals surface area contributed by atoms with Crippen molar-refractivity contribution in [2.75, 3.05) is 0 Å². The molecule has 2 heteroatoms. The number of nitrogens with zero attached hydrogens (tertiary/aromatic N) is 1. The second-order valence-corrected chi connectivity index (χ2v) is 5.28. The number of hydrogen-bond donors (Lipinski definition) is 1. The first-order valence-corrected chi connectivity index (χ1v) is 7.04. The average molecular weight is 265 g/mol. The lowest BCUT2D eigenvalue weighted by molar-refractivity contribution is 0.481. The zero-order chi connectivity index (χ0) is 14.1. The smallest absolute Gasteiger partial charge is 0.125 e. The normalized spacial score (nSPS) is 11.1. The molecule has 0 fully saturated rings. The standard InChI is InChI=1S/C18H19NO/c1-3-15-11-16-17(9-13(2)10-18(16)20)19(15)12-14-7-5-4-6-8-14/h4-11,20H,3,12H2,1-2H3. The van der Waals surface area contributed by atoms with Crippen LogP contribution in [0.1, 0.15) is 23.7 Å². The maximum Gasteiger partial charge on any atom is 0.125 e. The molecule has 0 aliphatic carbocycles. The van der Waals surface area contributed by atoms with E-state index in [2.05, 4.69) is 47.9 Å². The van der Waals surface area contributed by atoms with E-state index in [1.807, 2.05) is 19.1 Å². The zero-order valence-electron chi connectivity index (χ0n) is 11.9. The third kappa shape index (κ3) is 2.18. The molecule has 1 aromatic heterocycles. The lowest BCUT2D eigenvalue weighted by atomic mass is 10.1. The molecule has 102 valence electrons. The Morgan fingerprint density at radius 2 is 1.80 bits per heavy atom. The number of aromatic nitrogens is 1. The Balaban J connectivity index is 2.17. The molecule has 2 nitrogen and oxygen atoms in total. The fourth-order valence-electron chi connectivity index (χ4n) is 2.78. The minimum atomic E-state index is 0.376. The Bertz CT molecular complexity index is 741. The summed E-state index contributed by atoms with van der Waals surface area (Å²) in [6.45, 7) is 5.01. The fourth-order valence-corrected chi connectivity index (χ4v) is 2.78. The molecule has 0 radical (unpaired) electrons. The molecule has 20 heavy (non-hydrogen) atoms. The van der Waals surface area contributed by atoms with Gasteiger partial charge in [0.05, 0.1) is 5.52 Å². The molecule has 0 aliphatic rings. The molecule has 0 spiro atoms. The van der Waals surface area contributed by atoms with Crippen LogP contribution in [0.5, 0.6) is 5.75 Å². The van der Waals surface area contributed by atoms with Crippen molar-refractivity contribution in [3.63, 3.8) is 0 Å². The second-order valence-electron chi connectivity index (χ2n) is 5.28. The van der Waals surface area contributed by atoms with Crippen molar-refractivity contribution in [3.05, 3.63) is 65.4 Å². The highest BCUT2D eigenvalue weighted by atomic mass is 16.3. The van der Waals surface area contributed by atoms with Gasteiger partial charge in [-0.25, -0.2) is 0 Å². The van der Waals surface area contributed by atoms with Gasteiger partial charge in [-0.3, -0.25) is 0 Å². The van der Waals surface area contributed by atoms with Crippen molar-refractivity contribution in [1.29, 1.82) is 0 Å². The first kappa shape index (κ1) is 12.8. The first-order chi connectivity index (χ1) is 9.69. The van der Waals surface area contributed by atoms with Gasteiger partial charge < -0.3 is 9.67 Å². The third-order valence-corrected chi connectivity index (χ3v) is 3.77. The Morgan fingerprint density at radius 3 is 2.50 bits per heavy atom. The van der Waals surface area contributed by atoms with Gasteiger partial charge in [0.1, 0.15) is 5.75 Å². The van der Waals surface area contributed by atoms with Crippen LogP contribution in [-0.4, -0.2) is 9.67 Å². The molecule has 3 aromatic rings. The number of phenols is 1. The summed E-state index contributed by atoms with van der Waals surface area (Å²) in [5, 5.41) is 11.1. The molecule has 0 aliphatic heterocycles. The van der Waals surface area contributed by atoms with E-state index in [0.29, 0.717) is 5.75 Å². The maximum atomic E-state index is 10.1. The highest BCUT2D eigenvalue weighted by Crippen LogP contribution is 2.30. The summed E-state index contributed by atoms with van der Waals surface area (Å²) in [4.78, 5) is 0. The number of benzene rings is 2. The van der Waals surface area contributed by atoms with Crippen LogP contribution < -0.4 is 0 Å². The number of rotatable bonds is 3. The summed E-state index contributed by atoms with van der Waals surface area (Å²) in [6.07, 6.45) is 0.958. The number of phenolic OH excluding ortho intramolecular Hbond substituents is 1. The van der Waals surface area contributed by atoms with E-state index in [-0.39, 0.29) is 0 Å². The van der Waals surface area contributed by atoms with Gasteiger partial charge >= 0.3 is 0 Å². The van der Waals surface area contributed by atoms with Crippen LogP contribution >= 0.6 is 0 Å². The molecule has 2 aromatic carbocycles. The van der Waals surface area contributed by atoms with Crippen molar-refractivity contribution in [3.8, 4) is 5.75 Å². The predicted molar refractivity (Wildman–Crippen MR) is 83.3 cm³/mol. The van der Waals surface area contributed by atoms with Crippen molar-refractivity contribution in [2.45, 2.75) is 26.8 Å². The second kappa shape index (κ2) is 5.04. The number of aromatic hydroxyl groups is 1. The maximum absolute atomic E-state index is 10.1. The van der Waals surface area contributed by atoms with Crippen LogP contribution in [0.3, 0.4) is 0 Å². The van der Waals surface area contributed by atoms with Crippen LogP contribution in [-0.2, 0) is 13.0 Å². The summed E-state index contributed by atoms with van der Waals surface area (Å²) in [7, 11) is 0. The van der Waals surface area contributed by atoms with Gasteiger partial charge in [-0.05, 0) is 42.7 Å². The SMILES string of the molecule is CCc1cc2c(O)cc(C)cc2n1Cc1ccccc1. The predicted octanol–water partition coefficient (Wildman–Crippen LogP) is 4.27. The van der Waals surface area contributed by atoms with E-state index in [9.17, 15) is 5.11 Å². The van der Waals surface area contributed by atoms with Gasteiger partial charge in [-0.1, -0.05) is 37.3 Å². The Morgan fingerprint density at radius 1 is 1.05 bits per heavy atom. The average Bonchev–Trinajstić information content (AvgIpc) is 2.78. The highest BCUT2D eigenvalue weighted by molar-refractivity contribution is 5.88. The molecule has 0 amide bonds. The topological polar surface area (TPSA) is 25.2 Å². The van der Waals surface area contributed by atoms with Gasteiger partial charge in [-0.15, -0.1) is 0 Å². The minimum Gasteiger partial charge on any atom is -0.507 e. The van der Waals surface area contributed by atoms with E-state index < -0.39 is 0 Å². The largest absolute Gasteiger partial charge is 0.507 e. The minimum absolute atomic E-state index is 0.376. The molecule has 1 heterocycles. The van der Waals surface area contributed by atoms with E-state index >= 15 is 0 Å². The molecular formula is C18H19NO. The Labute approximate surface area is 119 Å². The van der Waals surface area contributed by atoms with Crippen LogP contribution in [0.15, 0.2) is 48.5 Å². The summed E-state index contributed by atoms with van der Waals surface area (Å²) < 4.78 is 2.30. The van der Waals surface area contributed by atoms with Gasteiger partial charge in [0.2, 0.25) is 0 Å². The number of aryl methyl sites for hydroxylation is 2. The summed E-state index contributed by atoms with van der Waals surface area (Å²) in [5.41, 5.74) is 4.73. The molecule has 0 saturated heterocycles. The van der Waals surface area contributed by atoms with E-state index in [4.69, 9.17) is 0 Å². The molecule has 0 bridgehead atoms. The molecule has 1 N–H and O–H groups in total. The van der Waals surface area contributed by atoms with Crippen molar-refractivity contribution < 1.29 is 5.11 Å². The van der Waals surface area contributed by atoms with E-state index in [1.54, 1.807) is 0 Å². The van der Waals surface area contributed by atoms with Gasteiger partial charge in [0.25, 0.3) is 0 Å². The molecule has 3 rings (SSSR count). The first-order valence-electron chi connectivity index (χ1n) is 7.04. The van der Waals surface area contributed by atoms with Gasteiger partial charge in [-0.2, -0.15) is 0 Å². The summed E-state index contributed by atoms with van der Waals surface area (Å²) in [6, 6.07) is 16.5. The number of fused-ring (bicyclic) bond motifs is 1. The lowest BCUT2D eigenvalue weighted by Crippen LogP contribution is -2.03. The van der Waals surface area contributed by atoms with Gasteiger partial charge in [0, 0.05) is 17.6 Å². The van der Waals surface area contributed by atoms with Crippen LogP contribution in [0, 0.1) is 6.92 Å². The van der Waals surface area contributed by atoms with Crippen molar-refractivity contribution in [2.24, 2.45) is 0 Å². The quantitative estimate of drug-likeness (QED) is 0.751. The zero-order valence-corrected chi connectivity index (χ0v) is 11.9. The highest BCUT2D eigenvalue weighted by Gasteiger charge is 2.11. The van der Waals surface area contributed by atoms with Crippen LogP contribution in [0.25, 0.3) is 10.9 Å². The van der Waals surface area contributed by atoms with E-state index in [1.165, 1.54) is 11.3 Å². The molecule has 0 saturated carbocycles. The summed E-state index contributed by atoms with van der Waals surface area (Å²) in [5.74, 6) is 0.376. The third-order valence-electron chi connectivity index (χ3n) is 3.77. The lowest BCUT2D eigenvalue weighted by Gasteiger charge is -2.10. The molecular weight excluding hydrogens is 246 g/mol. The van der Waals surface area contributed by atoms with Crippen LogP contribution in [0.2, 0.25) is 0 Å². The van der Waals surface area contributed by atoms with Crippen molar-refractivity contribution >= 4 is 10.9 Å².